The molecule has 0 saturated heterocycles. The van der Waals surface area contributed by atoms with Crippen LogP contribution < -0.4 is 4.72 Å². The number of ether oxygens (including phenoxy) is 1. The lowest BCUT2D eigenvalue weighted by molar-refractivity contribution is -0.137. The first-order valence-electron chi connectivity index (χ1n) is 7.91. The fourth-order valence-corrected chi connectivity index (χ4v) is 3.29. The summed E-state index contributed by atoms with van der Waals surface area (Å²) in [5, 5.41) is 0. The van der Waals surface area contributed by atoms with Crippen molar-refractivity contribution in [2.45, 2.75) is 17.9 Å². The molecule has 0 aliphatic carbocycles. The number of nitrogens with zero attached hydrogens (tertiary/aromatic N) is 1. The average molecular weight is 394 g/mol. The molecule has 27 heavy (non-hydrogen) atoms. The number of carbonyl (C=O) groups excluding carboxylic acids is 2. The minimum Gasteiger partial charge on any atom is -0.449 e. The monoisotopic (exact) mass is 394 g/mol. The molecule has 0 bridgehead atoms. The van der Waals surface area contributed by atoms with Crippen LogP contribution >= 0.6 is 0 Å². The molecule has 0 aliphatic heterocycles. The van der Waals surface area contributed by atoms with Gasteiger partial charge in [0, 0.05) is 14.1 Å². The Bertz CT molecular complexity index is 942. The summed E-state index contributed by atoms with van der Waals surface area (Å²) < 4.78 is 45.3. The molecule has 1 N–H and O–H groups in total. The van der Waals surface area contributed by atoms with E-state index in [1.165, 1.54) is 50.2 Å². The molecule has 9 heteroatoms. The SMILES string of the molecule is C[C@H](OC(=O)c1ccccc1NS(=O)(=O)c1ccc(F)cc1)C(=O)N(C)C. The molecule has 2 aromatic rings. The van der Waals surface area contributed by atoms with Gasteiger partial charge in [0.05, 0.1) is 16.1 Å². The molecule has 0 heterocycles. The summed E-state index contributed by atoms with van der Waals surface area (Å²) in [7, 11) is -0.993. The molecule has 0 radical (unpaired) electrons. The van der Waals surface area contributed by atoms with Crippen LogP contribution in [-0.2, 0) is 19.6 Å². The Balaban J connectivity index is 2.26. The van der Waals surface area contributed by atoms with Gasteiger partial charge in [-0.05, 0) is 43.3 Å². The van der Waals surface area contributed by atoms with Gasteiger partial charge >= 0.3 is 5.97 Å². The molecule has 144 valence electrons. The number of nitrogens with one attached hydrogen (secondary N) is 1. The molecule has 0 aromatic heterocycles. The highest BCUT2D eigenvalue weighted by Gasteiger charge is 2.23. The third kappa shape index (κ3) is 5.04. The summed E-state index contributed by atoms with van der Waals surface area (Å²) in [5.74, 6) is -1.83. The lowest BCUT2D eigenvalue weighted by Gasteiger charge is -2.18. The first-order chi connectivity index (χ1) is 12.6. The number of amides is 1. The van der Waals surface area contributed by atoms with Gasteiger partial charge in [-0.25, -0.2) is 17.6 Å². The highest BCUT2D eigenvalue weighted by atomic mass is 32.2. The van der Waals surface area contributed by atoms with Crippen LogP contribution in [0, 0.1) is 5.82 Å². The Hall–Kier alpha value is -2.94. The summed E-state index contributed by atoms with van der Waals surface area (Å²) in [5.41, 5.74) is -0.0714. The maximum Gasteiger partial charge on any atom is 0.341 e. The zero-order valence-electron chi connectivity index (χ0n) is 15.0. The number of anilines is 1. The third-order valence-corrected chi connectivity index (χ3v) is 4.97. The Morgan fingerprint density at radius 1 is 1.07 bits per heavy atom. The second kappa shape index (κ2) is 8.17. The van der Waals surface area contributed by atoms with Crippen LogP contribution in [0.3, 0.4) is 0 Å². The van der Waals surface area contributed by atoms with Crippen molar-refractivity contribution < 1.29 is 27.1 Å². The first-order valence-corrected chi connectivity index (χ1v) is 9.39. The van der Waals surface area contributed by atoms with Gasteiger partial charge in [0.25, 0.3) is 15.9 Å². The van der Waals surface area contributed by atoms with E-state index in [0.717, 1.165) is 24.3 Å². The van der Waals surface area contributed by atoms with E-state index in [4.69, 9.17) is 4.74 Å². The van der Waals surface area contributed by atoms with Crippen LogP contribution in [0.1, 0.15) is 17.3 Å². The van der Waals surface area contributed by atoms with E-state index in [1.807, 2.05) is 0 Å². The van der Waals surface area contributed by atoms with E-state index >= 15 is 0 Å². The number of likely N-dealkylation sites (N-methyl/N-ethyl adjacent to an activating group) is 1. The summed E-state index contributed by atoms with van der Waals surface area (Å²) >= 11 is 0. The van der Waals surface area contributed by atoms with Gasteiger partial charge in [-0.15, -0.1) is 0 Å². The number of para-hydroxylation sites is 1. The van der Waals surface area contributed by atoms with E-state index in [9.17, 15) is 22.4 Å². The lowest BCUT2D eigenvalue weighted by Crippen LogP contribution is -2.35. The minimum atomic E-state index is -4.04. The van der Waals surface area contributed by atoms with Crippen molar-refractivity contribution in [3.8, 4) is 0 Å². The van der Waals surface area contributed by atoms with E-state index < -0.39 is 33.8 Å². The number of carbonyl (C=O) groups is 2. The predicted octanol–water partition coefficient (Wildman–Crippen LogP) is 2.26. The number of hydrogen-bond acceptors (Lipinski definition) is 5. The second-order valence-electron chi connectivity index (χ2n) is 5.89. The molecule has 1 atom stereocenters. The van der Waals surface area contributed by atoms with Crippen LogP contribution in [-0.4, -0.2) is 45.4 Å². The molecule has 7 nitrogen and oxygen atoms in total. The molecular weight excluding hydrogens is 375 g/mol. The van der Waals surface area contributed by atoms with Gasteiger partial charge in [-0.1, -0.05) is 12.1 Å². The molecular formula is C18H19FN2O5S. The number of esters is 1. The molecule has 0 aliphatic rings. The Morgan fingerprint density at radius 3 is 2.26 bits per heavy atom. The molecule has 0 saturated carbocycles. The number of benzene rings is 2. The fraction of sp³-hybridized carbons (Fsp3) is 0.222. The van der Waals surface area contributed by atoms with Gasteiger partial charge in [-0.2, -0.15) is 0 Å². The van der Waals surface area contributed by atoms with Crippen LogP contribution in [0.2, 0.25) is 0 Å². The topological polar surface area (TPSA) is 92.8 Å². The van der Waals surface area contributed by atoms with Gasteiger partial charge in [0.1, 0.15) is 5.82 Å². The number of hydrogen-bond donors (Lipinski definition) is 1. The zero-order chi connectivity index (χ0) is 20.2. The molecule has 0 spiro atoms. The van der Waals surface area contributed by atoms with Crippen LogP contribution in [0.4, 0.5) is 10.1 Å². The summed E-state index contributed by atoms with van der Waals surface area (Å²) in [6.45, 7) is 1.42. The largest absolute Gasteiger partial charge is 0.449 e. The normalized spacial score (nSPS) is 12.1. The summed E-state index contributed by atoms with van der Waals surface area (Å²) in [4.78, 5) is 25.4. The molecule has 0 fully saturated rings. The van der Waals surface area contributed by atoms with Crippen molar-refractivity contribution in [2.24, 2.45) is 0 Å². The van der Waals surface area contributed by atoms with Gasteiger partial charge in [-0.3, -0.25) is 9.52 Å². The van der Waals surface area contributed by atoms with Gasteiger partial charge < -0.3 is 9.64 Å². The molecule has 2 rings (SSSR count). The third-order valence-electron chi connectivity index (χ3n) is 3.59. The van der Waals surface area contributed by atoms with E-state index in [-0.39, 0.29) is 16.1 Å². The van der Waals surface area contributed by atoms with Crippen LogP contribution in [0.15, 0.2) is 53.4 Å². The van der Waals surface area contributed by atoms with Crippen LogP contribution in [0.5, 0.6) is 0 Å². The van der Waals surface area contributed by atoms with Crippen molar-refractivity contribution in [3.05, 3.63) is 59.9 Å². The lowest BCUT2D eigenvalue weighted by atomic mass is 10.2. The zero-order valence-corrected chi connectivity index (χ0v) is 15.8. The summed E-state index contributed by atoms with van der Waals surface area (Å²) in [6.07, 6.45) is -1.03. The number of halogens is 1. The first kappa shape index (κ1) is 20.4. The highest BCUT2D eigenvalue weighted by Crippen LogP contribution is 2.21. The molecule has 2 aromatic carbocycles. The predicted molar refractivity (Wildman–Crippen MR) is 97.2 cm³/mol. The van der Waals surface area contributed by atoms with E-state index in [2.05, 4.69) is 4.72 Å². The van der Waals surface area contributed by atoms with Crippen molar-refractivity contribution >= 4 is 27.6 Å². The van der Waals surface area contributed by atoms with Crippen molar-refractivity contribution in [3.63, 3.8) is 0 Å². The maximum atomic E-state index is 13.0. The molecule has 1 amide bonds. The minimum absolute atomic E-state index is 0.0173. The van der Waals surface area contributed by atoms with Gasteiger partial charge in [0.15, 0.2) is 6.10 Å². The Labute approximate surface area is 156 Å². The van der Waals surface area contributed by atoms with E-state index in [0.29, 0.717) is 0 Å². The van der Waals surface area contributed by atoms with Crippen molar-refractivity contribution in [1.29, 1.82) is 0 Å². The quantitative estimate of drug-likeness (QED) is 0.759. The van der Waals surface area contributed by atoms with Gasteiger partial charge in [0.2, 0.25) is 0 Å². The number of rotatable bonds is 6. The Morgan fingerprint density at radius 2 is 1.67 bits per heavy atom. The van der Waals surface area contributed by atoms with E-state index in [1.54, 1.807) is 0 Å². The second-order valence-corrected chi connectivity index (χ2v) is 7.57. The fourth-order valence-electron chi connectivity index (χ4n) is 2.21. The molecule has 0 unspecified atom stereocenters. The summed E-state index contributed by atoms with van der Waals surface area (Å²) in [6, 6.07) is 10.1. The maximum absolute atomic E-state index is 13.0. The van der Waals surface area contributed by atoms with Crippen molar-refractivity contribution in [2.75, 3.05) is 18.8 Å². The van der Waals surface area contributed by atoms with Crippen molar-refractivity contribution in [1.82, 2.24) is 4.90 Å². The Kier molecular flexibility index (Phi) is 6.17. The average Bonchev–Trinajstić information content (AvgIpc) is 2.61. The standard InChI is InChI=1S/C18H19FN2O5S/c1-12(17(22)21(2)3)26-18(23)15-6-4-5-7-16(15)20-27(24,25)14-10-8-13(19)9-11-14/h4-12,20H,1-3H3/t12-/m0/s1. The smallest absolute Gasteiger partial charge is 0.341 e. The van der Waals surface area contributed by atoms with Crippen LogP contribution in [0.25, 0.3) is 0 Å². The highest BCUT2D eigenvalue weighted by molar-refractivity contribution is 7.92. The number of sulfonamides is 1.